The van der Waals surface area contributed by atoms with Crippen molar-refractivity contribution in [1.29, 1.82) is 0 Å². The first kappa shape index (κ1) is 14.9. The lowest BCUT2D eigenvalue weighted by Gasteiger charge is -2.21. The van der Waals surface area contributed by atoms with Gasteiger partial charge in [0.1, 0.15) is 23.2 Å². The summed E-state index contributed by atoms with van der Waals surface area (Å²) in [5, 5.41) is 13.2. The zero-order valence-corrected chi connectivity index (χ0v) is 12.0. The molecule has 1 fully saturated rings. The van der Waals surface area contributed by atoms with Crippen LogP contribution in [-0.4, -0.2) is 54.8 Å². The highest BCUT2D eigenvalue weighted by Crippen LogP contribution is 2.24. The Bertz CT molecular complexity index is 596. The van der Waals surface area contributed by atoms with E-state index < -0.39 is 28.1 Å². The summed E-state index contributed by atoms with van der Waals surface area (Å²) >= 11 is 0. The first-order valence-corrected chi connectivity index (χ1v) is 7.62. The van der Waals surface area contributed by atoms with Crippen LogP contribution in [-0.2, 0) is 25.3 Å². The molecule has 0 aromatic carbocycles. The lowest BCUT2D eigenvalue weighted by atomic mass is 10.2. The number of sulfonamides is 1. The first-order valence-electron chi connectivity index (χ1n) is 6.01. The van der Waals surface area contributed by atoms with Gasteiger partial charge in [-0.05, 0) is 6.92 Å². The van der Waals surface area contributed by atoms with E-state index in [1.807, 2.05) is 0 Å². The second-order valence-corrected chi connectivity index (χ2v) is 6.60. The molecule has 0 amide bonds. The summed E-state index contributed by atoms with van der Waals surface area (Å²) in [5.74, 6) is -0.562. The van der Waals surface area contributed by atoms with Crippen LogP contribution in [0.4, 0.5) is 0 Å². The molecule has 0 radical (unpaired) electrons. The average Bonchev–Trinajstić information content (AvgIpc) is 2.94. The molecule has 2 unspecified atom stereocenters. The van der Waals surface area contributed by atoms with Gasteiger partial charge in [0.25, 0.3) is 0 Å². The molecule has 2 rings (SSSR count). The van der Waals surface area contributed by atoms with Crippen LogP contribution in [0.5, 0.6) is 0 Å². The molecule has 1 aliphatic rings. The molecule has 0 bridgehead atoms. The molecule has 112 valence electrons. The quantitative estimate of drug-likeness (QED) is 0.741. The van der Waals surface area contributed by atoms with E-state index in [9.17, 15) is 18.3 Å². The fraction of sp³-hybridized carbons (Fsp3) is 0.636. The van der Waals surface area contributed by atoms with Crippen molar-refractivity contribution in [2.45, 2.75) is 31.2 Å². The first-order chi connectivity index (χ1) is 9.33. The Morgan fingerprint density at radius 2 is 2.35 bits per heavy atom. The van der Waals surface area contributed by atoms with Crippen molar-refractivity contribution in [1.82, 2.24) is 9.46 Å². The van der Waals surface area contributed by atoms with Gasteiger partial charge in [0, 0.05) is 19.0 Å². The van der Waals surface area contributed by atoms with Gasteiger partial charge >= 0.3 is 5.97 Å². The summed E-state index contributed by atoms with van der Waals surface area (Å²) in [7, 11) is -2.61. The predicted molar refractivity (Wildman–Crippen MR) is 67.0 cm³/mol. The number of aromatic nitrogens is 1. The summed E-state index contributed by atoms with van der Waals surface area (Å²) in [6.45, 7) is 1.53. The second kappa shape index (κ2) is 5.51. The van der Waals surface area contributed by atoms with Crippen molar-refractivity contribution in [2.24, 2.45) is 0 Å². The Kier molecular flexibility index (Phi) is 4.11. The largest absolute Gasteiger partial charge is 0.468 e. The van der Waals surface area contributed by atoms with Crippen LogP contribution in [0.3, 0.4) is 0 Å². The lowest BCUT2D eigenvalue weighted by molar-refractivity contribution is -0.144. The predicted octanol–water partition coefficient (Wildman–Crippen LogP) is -0.579. The third-order valence-corrected chi connectivity index (χ3v) is 4.85. The Hall–Kier alpha value is -1.45. The minimum absolute atomic E-state index is 0.0315. The maximum Gasteiger partial charge on any atom is 0.324 e. The number of rotatable bonds is 4. The summed E-state index contributed by atoms with van der Waals surface area (Å²) in [6.07, 6.45) is -0.850. The van der Waals surface area contributed by atoms with Crippen molar-refractivity contribution in [3.05, 3.63) is 17.5 Å². The van der Waals surface area contributed by atoms with E-state index in [4.69, 9.17) is 4.52 Å². The average molecular weight is 304 g/mol. The number of ether oxygens (including phenoxy) is 1. The van der Waals surface area contributed by atoms with E-state index in [-0.39, 0.29) is 24.4 Å². The van der Waals surface area contributed by atoms with Crippen LogP contribution in [0.2, 0.25) is 0 Å². The molecule has 0 spiro atoms. The van der Waals surface area contributed by atoms with E-state index in [1.54, 1.807) is 6.92 Å². The maximum atomic E-state index is 12.3. The monoisotopic (exact) mass is 304 g/mol. The fourth-order valence-electron chi connectivity index (χ4n) is 2.20. The molecule has 1 aromatic rings. The number of esters is 1. The van der Waals surface area contributed by atoms with Crippen LogP contribution in [0.25, 0.3) is 0 Å². The second-order valence-electron chi connectivity index (χ2n) is 4.68. The van der Waals surface area contributed by atoms with Gasteiger partial charge in [-0.15, -0.1) is 0 Å². The van der Waals surface area contributed by atoms with Gasteiger partial charge in [-0.2, -0.15) is 4.31 Å². The van der Waals surface area contributed by atoms with Gasteiger partial charge in [-0.25, -0.2) is 8.42 Å². The maximum absolute atomic E-state index is 12.3. The van der Waals surface area contributed by atoms with E-state index in [1.165, 1.54) is 13.2 Å². The molecule has 2 atom stereocenters. The lowest BCUT2D eigenvalue weighted by Crippen LogP contribution is -2.41. The van der Waals surface area contributed by atoms with Gasteiger partial charge in [-0.1, -0.05) is 5.16 Å². The molecule has 1 saturated heterocycles. The van der Waals surface area contributed by atoms with Gasteiger partial charge < -0.3 is 14.4 Å². The zero-order valence-electron chi connectivity index (χ0n) is 11.1. The highest BCUT2D eigenvalue weighted by molar-refractivity contribution is 7.88. The number of hydrogen-bond acceptors (Lipinski definition) is 7. The summed E-state index contributed by atoms with van der Waals surface area (Å²) in [6, 6.07) is 0.519. The highest BCUT2D eigenvalue weighted by atomic mass is 32.2. The van der Waals surface area contributed by atoms with Crippen molar-refractivity contribution in [2.75, 3.05) is 13.7 Å². The van der Waals surface area contributed by atoms with Crippen molar-refractivity contribution >= 4 is 16.0 Å². The van der Waals surface area contributed by atoms with Crippen LogP contribution < -0.4 is 0 Å². The summed E-state index contributed by atoms with van der Waals surface area (Å²) in [4.78, 5) is 11.6. The normalized spacial score (nSPS) is 23.9. The van der Waals surface area contributed by atoms with Crippen molar-refractivity contribution in [3.8, 4) is 0 Å². The molecule has 0 aliphatic carbocycles. The number of aliphatic hydroxyl groups excluding tert-OH is 1. The third-order valence-electron chi connectivity index (χ3n) is 3.07. The van der Waals surface area contributed by atoms with E-state index in [0.29, 0.717) is 5.76 Å². The molecule has 8 nitrogen and oxygen atoms in total. The van der Waals surface area contributed by atoms with Gasteiger partial charge in [0.05, 0.1) is 13.2 Å². The zero-order chi connectivity index (χ0) is 14.9. The van der Waals surface area contributed by atoms with Gasteiger partial charge in [-0.3, -0.25) is 4.79 Å². The molecule has 1 N–H and O–H groups in total. The molecule has 1 aromatic heterocycles. The highest BCUT2D eigenvalue weighted by Gasteiger charge is 2.43. The van der Waals surface area contributed by atoms with Crippen molar-refractivity contribution < 1.29 is 27.6 Å². The number of carbonyl (C=O) groups is 1. The Labute approximate surface area is 116 Å². The Morgan fingerprint density at radius 3 is 2.90 bits per heavy atom. The summed E-state index contributed by atoms with van der Waals surface area (Å²) in [5.41, 5.74) is 0.257. The van der Waals surface area contributed by atoms with E-state index in [0.717, 1.165) is 4.31 Å². The number of methoxy groups -OCH3 is 1. The third kappa shape index (κ3) is 3.00. The van der Waals surface area contributed by atoms with Crippen molar-refractivity contribution in [3.63, 3.8) is 0 Å². The summed E-state index contributed by atoms with van der Waals surface area (Å²) < 4.78 is 35.0. The minimum atomic E-state index is -3.79. The number of carbonyl (C=O) groups excluding carboxylic acids is 1. The Morgan fingerprint density at radius 1 is 1.65 bits per heavy atom. The van der Waals surface area contributed by atoms with Gasteiger partial charge in [0.15, 0.2) is 0 Å². The number of aliphatic hydroxyl groups is 1. The van der Waals surface area contributed by atoms with Crippen LogP contribution in [0, 0.1) is 6.92 Å². The topological polar surface area (TPSA) is 110 Å². The molecule has 0 saturated carbocycles. The number of β-amino-alcohol motifs (C(OH)–C–C–N with tert-alkyl or cyclic N) is 1. The van der Waals surface area contributed by atoms with E-state index >= 15 is 0 Å². The molecule has 20 heavy (non-hydrogen) atoms. The number of aryl methyl sites for hydroxylation is 1. The van der Waals surface area contributed by atoms with Gasteiger partial charge in [0.2, 0.25) is 10.0 Å². The number of hydrogen-bond donors (Lipinski definition) is 1. The standard InChI is InChI=1S/C11H16N2O6S/c1-7-3-8(12-19-7)6-20(16,17)13-5-9(14)4-10(13)11(15)18-2/h3,9-10,14H,4-6H2,1-2H3. The Balaban J connectivity index is 2.21. The van der Waals surface area contributed by atoms with Crippen LogP contribution >= 0.6 is 0 Å². The fourth-order valence-corrected chi connectivity index (χ4v) is 3.83. The SMILES string of the molecule is COC(=O)C1CC(O)CN1S(=O)(=O)Cc1cc(C)on1. The molecule has 9 heteroatoms. The molecular formula is C11H16N2O6S. The minimum Gasteiger partial charge on any atom is -0.468 e. The number of nitrogens with zero attached hydrogens (tertiary/aromatic N) is 2. The smallest absolute Gasteiger partial charge is 0.324 e. The van der Waals surface area contributed by atoms with Crippen LogP contribution in [0.1, 0.15) is 17.9 Å². The molecule has 2 heterocycles. The molecule has 1 aliphatic heterocycles. The van der Waals surface area contributed by atoms with E-state index in [2.05, 4.69) is 9.89 Å². The molecular weight excluding hydrogens is 288 g/mol. The van der Waals surface area contributed by atoms with Crippen LogP contribution in [0.15, 0.2) is 10.6 Å².